The maximum absolute atomic E-state index is 14.0. The Balaban J connectivity index is 1.40. The van der Waals surface area contributed by atoms with Gasteiger partial charge in [-0.3, -0.25) is 14.5 Å². The largest absolute Gasteiger partial charge is 0.477 e. The Hall–Kier alpha value is -2.59. The third kappa shape index (κ3) is 3.02. The van der Waals surface area contributed by atoms with Gasteiger partial charge in [-0.05, 0) is 24.6 Å². The smallest absolute Gasteiger partial charge is 0.352 e. The highest BCUT2D eigenvalue weighted by molar-refractivity contribution is 8.00. The van der Waals surface area contributed by atoms with Crippen molar-refractivity contribution in [3.63, 3.8) is 0 Å². The summed E-state index contributed by atoms with van der Waals surface area (Å²) in [6, 6.07) is 4.02. The van der Waals surface area contributed by atoms with Gasteiger partial charge in [0.1, 0.15) is 22.9 Å². The van der Waals surface area contributed by atoms with Crippen LogP contribution in [0, 0.1) is 5.82 Å². The summed E-state index contributed by atoms with van der Waals surface area (Å²) in [6.45, 7) is 1.56. The number of rotatable bonds is 5. The Morgan fingerprint density at radius 2 is 2.18 bits per heavy atom. The molecule has 0 bridgehead atoms. The van der Waals surface area contributed by atoms with E-state index in [0.29, 0.717) is 22.4 Å². The van der Waals surface area contributed by atoms with Crippen LogP contribution >= 0.6 is 23.1 Å². The van der Waals surface area contributed by atoms with E-state index in [2.05, 4.69) is 10.6 Å². The number of nitrogens with one attached hydrogen (secondary N) is 2. The Labute approximate surface area is 167 Å². The lowest BCUT2D eigenvalue weighted by Gasteiger charge is -2.49. The third-order valence-electron chi connectivity index (χ3n) is 4.67. The van der Waals surface area contributed by atoms with Crippen LogP contribution in [0.2, 0.25) is 0 Å². The number of thiophene rings is 1. The summed E-state index contributed by atoms with van der Waals surface area (Å²) in [5, 5.41) is 16.6. The summed E-state index contributed by atoms with van der Waals surface area (Å²) in [5.41, 5.74) is 1.14. The number of fused-ring (bicyclic) bond motifs is 2. The van der Waals surface area contributed by atoms with Crippen LogP contribution in [0.15, 0.2) is 34.8 Å². The van der Waals surface area contributed by atoms with Crippen molar-refractivity contribution in [2.45, 2.75) is 18.3 Å². The van der Waals surface area contributed by atoms with Gasteiger partial charge in [-0.15, -0.1) is 23.1 Å². The predicted octanol–water partition coefficient (Wildman–Crippen LogP) is 2.21. The number of hydrogen-bond acceptors (Lipinski definition) is 6. The molecule has 2 aromatic rings. The molecule has 10 heteroatoms. The number of thioether (sulfide) groups is 1. The Kier molecular flexibility index (Phi) is 4.76. The third-order valence-corrected chi connectivity index (χ3v) is 7.04. The number of hydrogen-bond donors (Lipinski definition) is 3. The van der Waals surface area contributed by atoms with E-state index in [1.807, 2.05) is 0 Å². The Morgan fingerprint density at radius 3 is 2.93 bits per heavy atom. The predicted molar refractivity (Wildman–Crippen MR) is 106 cm³/mol. The number of carboxylic acid groups (broad SMARTS) is 1. The number of anilines is 1. The minimum absolute atomic E-state index is 0.00223. The second-order valence-corrected chi connectivity index (χ2v) is 8.52. The first-order valence-electron chi connectivity index (χ1n) is 8.45. The minimum Gasteiger partial charge on any atom is -0.477 e. The lowest BCUT2D eigenvalue weighted by atomic mass is 10.0. The molecule has 1 aromatic heterocycles. The van der Waals surface area contributed by atoms with Crippen LogP contribution in [0.3, 0.4) is 0 Å². The van der Waals surface area contributed by atoms with Crippen molar-refractivity contribution in [2.24, 2.45) is 0 Å². The lowest BCUT2D eigenvalue weighted by Crippen LogP contribution is -2.70. The van der Waals surface area contributed by atoms with E-state index in [1.54, 1.807) is 24.4 Å². The molecule has 1 saturated heterocycles. The molecule has 0 spiro atoms. The molecule has 2 amide bonds. The molecule has 28 heavy (non-hydrogen) atoms. The lowest BCUT2D eigenvalue weighted by molar-refractivity contribution is -0.150. The molecule has 3 N–H and O–H groups in total. The summed E-state index contributed by atoms with van der Waals surface area (Å²) < 4.78 is 14.8. The van der Waals surface area contributed by atoms with Gasteiger partial charge in [-0.1, -0.05) is 6.07 Å². The van der Waals surface area contributed by atoms with Gasteiger partial charge in [-0.2, -0.15) is 0 Å². The average Bonchev–Trinajstić information content (AvgIpc) is 3.08. The molecular formula is C18H16FN3O4S2. The van der Waals surface area contributed by atoms with Crippen molar-refractivity contribution in [3.05, 3.63) is 40.7 Å². The fourth-order valence-corrected chi connectivity index (χ4v) is 5.57. The Bertz CT molecular complexity index is 1040. The zero-order chi connectivity index (χ0) is 20.0. The van der Waals surface area contributed by atoms with E-state index < -0.39 is 29.2 Å². The molecule has 1 fully saturated rings. The van der Waals surface area contributed by atoms with Gasteiger partial charge in [0.15, 0.2) is 0 Å². The average molecular weight is 421 g/mol. The fraction of sp³-hybridized carbons (Fsp3) is 0.278. The van der Waals surface area contributed by atoms with Gasteiger partial charge >= 0.3 is 5.97 Å². The molecular weight excluding hydrogens is 405 g/mol. The maximum atomic E-state index is 14.0. The quantitative estimate of drug-likeness (QED) is 0.641. The van der Waals surface area contributed by atoms with Crippen LogP contribution in [-0.4, -0.2) is 51.5 Å². The van der Waals surface area contributed by atoms with E-state index in [4.69, 9.17) is 0 Å². The Morgan fingerprint density at radius 1 is 1.39 bits per heavy atom. The summed E-state index contributed by atoms with van der Waals surface area (Å²) in [6.07, 6.45) is 0. The number of carbonyl (C=O) groups is 3. The fourth-order valence-electron chi connectivity index (χ4n) is 3.35. The SMILES string of the molecule is CC1=C(C(=O)O)N2C(=O)C(NC(=O)CNc3csc4cccc(F)c34)[C@@H]2SC1. The summed E-state index contributed by atoms with van der Waals surface area (Å²) >= 11 is 2.79. The van der Waals surface area contributed by atoms with Crippen LogP contribution in [-0.2, 0) is 14.4 Å². The molecule has 4 rings (SSSR count). The molecule has 0 radical (unpaired) electrons. The molecule has 3 heterocycles. The molecule has 2 aliphatic rings. The monoisotopic (exact) mass is 421 g/mol. The zero-order valence-corrected chi connectivity index (χ0v) is 16.3. The number of benzene rings is 1. The van der Waals surface area contributed by atoms with Crippen molar-refractivity contribution in [1.29, 1.82) is 0 Å². The first-order valence-corrected chi connectivity index (χ1v) is 10.4. The highest BCUT2D eigenvalue weighted by Crippen LogP contribution is 2.40. The van der Waals surface area contributed by atoms with E-state index in [0.717, 1.165) is 4.70 Å². The summed E-state index contributed by atoms with van der Waals surface area (Å²) in [5.74, 6) is -1.88. The number of halogens is 1. The van der Waals surface area contributed by atoms with Crippen LogP contribution in [0.1, 0.15) is 6.92 Å². The number of nitrogens with zero attached hydrogens (tertiary/aromatic N) is 1. The highest BCUT2D eigenvalue weighted by Gasteiger charge is 2.53. The van der Waals surface area contributed by atoms with Gasteiger partial charge in [0.2, 0.25) is 5.91 Å². The normalized spacial score (nSPS) is 21.4. The number of carboxylic acids is 1. The van der Waals surface area contributed by atoms with Crippen LogP contribution < -0.4 is 10.6 Å². The van der Waals surface area contributed by atoms with E-state index in [9.17, 15) is 23.9 Å². The second kappa shape index (κ2) is 7.10. The molecule has 1 unspecified atom stereocenters. The van der Waals surface area contributed by atoms with Crippen molar-refractivity contribution < 1.29 is 23.9 Å². The summed E-state index contributed by atoms with van der Waals surface area (Å²) in [4.78, 5) is 37.3. The van der Waals surface area contributed by atoms with E-state index in [-0.39, 0.29) is 18.1 Å². The zero-order valence-electron chi connectivity index (χ0n) is 14.7. The van der Waals surface area contributed by atoms with Gasteiger partial charge in [0.05, 0.1) is 17.6 Å². The molecule has 2 aliphatic heterocycles. The van der Waals surface area contributed by atoms with Crippen LogP contribution in [0.4, 0.5) is 10.1 Å². The molecule has 7 nitrogen and oxygen atoms in total. The molecule has 0 saturated carbocycles. The van der Waals surface area contributed by atoms with Crippen molar-refractivity contribution in [1.82, 2.24) is 10.2 Å². The highest BCUT2D eigenvalue weighted by atomic mass is 32.2. The van der Waals surface area contributed by atoms with Crippen LogP contribution in [0.5, 0.6) is 0 Å². The van der Waals surface area contributed by atoms with Crippen molar-refractivity contribution >= 4 is 56.7 Å². The van der Waals surface area contributed by atoms with E-state index >= 15 is 0 Å². The molecule has 0 aliphatic carbocycles. The number of aliphatic carboxylic acids is 1. The second-order valence-electron chi connectivity index (χ2n) is 6.50. The summed E-state index contributed by atoms with van der Waals surface area (Å²) in [7, 11) is 0. The van der Waals surface area contributed by atoms with Crippen LogP contribution in [0.25, 0.3) is 10.1 Å². The topological polar surface area (TPSA) is 98.7 Å². The minimum atomic E-state index is -1.14. The van der Waals surface area contributed by atoms with E-state index in [1.165, 1.54) is 34.1 Å². The molecule has 2 atom stereocenters. The van der Waals surface area contributed by atoms with Gasteiger partial charge in [0, 0.05) is 15.8 Å². The maximum Gasteiger partial charge on any atom is 0.352 e. The standard InChI is InChI=1S/C18H16FN3O4S2/c1-8-6-28-17-14(16(24)22(17)15(8)18(25)26)21-12(23)5-20-10-7-27-11-4-2-3-9(19)13(10)11/h2-4,7,14,17,20H,5-6H2,1H3,(H,21,23)(H,25,26)/t14?,17-/m0/s1. The molecule has 1 aromatic carbocycles. The van der Waals surface area contributed by atoms with Gasteiger partial charge in [-0.25, -0.2) is 9.18 Å². The van der Waals surface area contributed by atoms with Crippen molar-refractivity contribution in [3.8, 4) is 0 Å². The first kappa shape index (κ1) is 18.8. The number of β-lactam (4-membered cyclic amide) rings is 1. The number of carbonyl (C=O) groups excluding carboxylic acids is 2. The number of amides is 2. The molecule has 146 valence electrons. The van der Waals surface area contributed by atoms with Gasteiger partial charge in [0.25, 0.3) is 5.91 Å². The van der Waals surface area contributed by atoms with Gasteiger partial charge < -0.3 is 15.7 Å². The van der Waals surface area contributed by atoms with Crippen molar-refractivity contribution in [2.75, 3.05) is 17.6 Å². The first-order chi connectivity index (χ1) is 13.4.